The van der Waals surface area contributed by atoms with E-state index in [0.717, 1.165) is 79.3 Å². The second-order valence-electron chi connectivity index (χ2n) is 34.7. The van der Waals surface area contributed by atoms with Crippen molar-refractivity contribution in [3.05, 3.63) is 283 Å². The zero-order chi connectivity index (χ0) is 74.7. The Morgan fingerprint density at radius 3 is 1.09 bits per heavy atom. The number of aromatic nitrogens is 1. The third-order valence-electron chi connectivity index (χ3n) is 22.2. The Balaban J connectivity index is 0.0000000962. The van der Waals surface area contributed by atoms with Gasteiger partial charge in [0.05, 0.1) is 16.6 Å². The van der Waals surface area contributed by atoms with E-state index >= 15 is 0 Å². The summed E-state index contributed by atoms with van der Waals surface area (Å²) in [6, 6.07) is 90.4. The molecule has 0 fully saturated rings. The van der Waals surface area contributed by atoms with Gasteiger partial charge in [0, 0.05) is 83.7 Å². The summed E-state index contributed by atoms with van der Waals surface area (Å²) in [6.07, 6.45) is 0. The summed E-state index contributed by atoms with van der Waals surface area (Å²) in [5.74, 6) is 8.99. The molecule has 22 rings (SSSR count). The molecule has 0 radical (unpaired) electrons. The highest BCUT2D eigenvalue weighted by atomic mass is 32.1. The summed E-state index contributed by atoms with van der Waals surface area (Å²) in [5.41, 5.74) is 18.2. The predicted molar refractivity (Wildman–Crippen MR) is 462 cm³/mol. The van der Waals surface area contributed by atoms with E-state index in [1.54, 1.807) is 0 Å². The zero-order valence-corrected chi connectivity index (χ0v) is 65.8. The van der Waals surface area contributed by atoms with E-state index in [0.29, 0.717) is 0 Å². The molecule has 0 saturated heterocycles. The van der Waals surface area contributed by atoms with Gasteiger partial charge in [-0.15, -0.1) is 22.7 Å². The normalized spacial score (nSPS) is 13.5. The number of para-hydroxylation sites is 4. The molecular weight excluding hydrogens is 1360 g/mol. The molecule has 0 unspecified atom stereocenters. The number of rotatable bonds is 0. The zero-order valence-electron chi connectivity index (χ0n) is 64.2. The lowest BCUT2D eigenvalue weighted by molar-refractivity contribution is 0.439. The summed E-state index contributed by atoms with van der Waals surface area (Å²) in [7, 11) is 0. The molecule has 4 aromatic heterocycles. The summed E-state index contributed by atoms with van der Waals surface area (Å²) in [4.78, 5) is 0. The molecule has 532 valence electrons. The Morgan fingerprint density at radius 1 is 0.259 bits per heavy atom. The Morgan fingerprint density at radius 2 is 0.602 bits per heavy atom. The van der Waals surface area contributed by atoms with Crippen LogP contribution in [0.5, 0.6) is 57.5 Å². The van der Waals surface area contributed by atoms with Gasteiger partial charge >= 0.3 is 0 Å². The van der Waals surface area contributed by atoms with Crippen LogP contribution >= 0.6 is 22.7 Å². The fourth-order valence-corrected chi connectivity index (χ4v) is 19.3. The number of nitrogens with zero attached hydrogens (tertiary/aromatic N) is 1. The van der Waals surface area contributed by atoms with Gasteiger partial charge in [-0.05, 0) is 169 Å². The third-order valence-corrected chi connectivity index (χ3v) is 24.6. The molecule has 0 spiro atoms. The van der Waals surface area contributed by atoms with Crippen LogP contribution < -0.4 is 56.5 Å². The number of hydrogen-bond acceptors (Lipinski definition) is 7. The first-order valence-corrected chi connectivity index (χ1v) is 39.5. The monoisotopic (exact) mass is 1440 g/mol. The van der Waals surface area contributed by atoms with Gasteiger partial charge in [0.25, 0.3) is 13.4 Å². The van der Waals surface area contributed by atoms with Crippen LogP contribution in [0.1, 0.15) is 132 Å². The van der Waals surface area contributed by atoms with Crippen LogP contribution in [-0.2, 0) is 27.1 Å². The third kappa shape index (κ3) is 11.7. The molecule has 10 heteroatoms. The van der Waals surface area contributed by atoms with Crippen LogP contribution in [-0.4, -0.2) is 17.8 Å². The van der Waals surface area contributed by atoms with E-state index in [1.807, 2.05) is 71.2 Å². The van der Waals surface area contributed by atoms with Crippen LogP contribution in [0.15, 0.2) is 255 Å². The van der Waals surface area contributed by atoms with Crippen molar-refractivity contribution in [2.75, 3.05) is 0 Å². The summed E-state index contributed by atoms with van der Waals surface area (Å²) < 4.78 is 39.5. The second kappa shape index (κ2) is 25.4. The van der Waals surface area contributed by atoms with E-state index in [1.165, 1.54) is 117 Å². The molecule has 0 bridgehead atoms. The van der Waals surface area contributed by atoms with Gasteiger partial charge in [-0.25, -0.2) is 0 Å². The van der Waals surface area contributed by atoms with Crippen molar-refractivity contribution in [3.63, 3.8) is 0 Å². The van der Waals surface area contributed by atoms with Gasteiger partial charge in [-0.3, -0.25) is 0 Å². The molecule has 0 saturated carbocycles. The highest BCUT2D eigenvalue weighted by Gasteiger charge is 2.47. The number of thiophene rings is 2. The average Bonchev–Trinajstić information content (AvgIpc) is 1.25. The smallest absolute Gasteiger partial charge is 0.270 e. The average molecular weight is 1440 g/mol. The highest BCUT2D eigenvalue weighted by molar-refractivity contribution is 7.26. The van der Waals surface area contributed by atoms with Crippen molar-refractivity contribution in [1.82, 2.24) is 4.40 Å². The molecule has 13 aromatic carbocycles. The van der Waals surface area contributed by atoms with E-state index in [2.05, 4.69) is 315 Å². The molecule has 5 aliphatic heterocycles. The molecule has 5 aliphatic rings. The van der Waals surface area contributed by atoms with Crippen molar-refractivity contribution in [1.29, 1.82) is 0 Å². The fourth-order valence-electron chi connectivity index (χ4n) is 16.7. The Kier molecular flexibility index (Phi) is 16.3. The molecule has 6 nitrogen and oxygen atoms in total. The standard InChI is InChI=1S/C22H17BO3.C22H19BO2.C22H19N.2C16H16S/c1-22(2,3)12-10-17-21-18(11-12)26-16-9-5-7-14-20(16)23(21)19-13(24-14)6-4-8-15(19)25-17;1-22(2,3)14-12-19-21-20(13-14)25-18-11-7-5-9-16(18)23(21)15-8-4-6-10-17(15)24-19;1-22(2,3)14-12-17-15-8-4-6-10-19(15)23-20-11-7-5-9-16(20)18(13-14)21(17)23;1-16(2,3)13-9-6-8-12-11-7-4-5-10-14(11)17-15(12)13;1-16(2,3)12-8-6-10-14-15(12)11-7-4-5-9-13(11)17-14/h4-11H,1-3H3;4-13H,1-3H3;4-13H,1-3H3;2*4-10H,1-3H3. The lowest BCUT2D eigenvalue weighted by atomic mass is 9.34. The minimum absolute atomic E-state index is 0.0121. The quantitative estimate of drug-likeness (QED) is 0.142. The van der Waals surface area contributed by atoms with Gasteiger partial charge in [0.1, 0.15) is 57.5 Å². The number of ether oxygens (including phenoxy) is 5. The van der Waals surface area contributed by atoms with E-state index in [-0.39, 0.29) is 40.5 Å². The molecule has 0 atom stereocenters. The number of fused-ring (bicyclic) bond motifs is 16. The molecule has 0 amide bonds. The van der Waals surface area contributed by atoms with Gasteiger partial charge in [0.15, 0.2) is 0 Å². The molecule has 0 aliphatic carbocycles. The van der Waals surface area contributed by atoms with Gasteiger partial charge < -0.3 is 28.1 Å². The fraction of sp³-hybridized carbons (Fsp3) is 0.204. The van der Waals surface area contributed by atoms with Crippen LogP contribution in [0.25, 0.3) is 78.4 Å². The van der Waals surface area contributed by atoms with Gasteiger partial charge in [0.2, 0.25) is 0 Å². The first kappa shape index (κ1) is 69.0. The summed E-state index contributed by atoms with van der Waals surface area (Å²) in [5, 5.41) is 11.1. The van der Waals surface area contributed by atoms with Crippen molar-refractivity contribution < 1.29 is 23.7 Å². The highest BCUT2D eigenvalue weighted by Crippen LogP contribution is 2.47. The molecule has 108 heavy (non-hydrogen) atoms. The molecular formula is C98H87B2NO5S2. The van der Waals surface area contributed by atoms with E-state index in [9.17, 15) is 0 Å². The molecule has 9 heterocycles. The Labute approximate surface area is 642 Å². The SMILES string of the molecule is CC(C)(C)c1cc2c3c(c1)Oc1cccc4c1B3c1c(cccc1O2)O4.CC(C)(C)c1cc2c3c(c1)Oc1ccccc1B3c1ccccc1O2.CC(C)(C)c1cc2c3ccccc3n3c4ccccc4c(c1)c23.CC(C)(C)c1cccc2c1sc1ccccc12.CC(C)(C)c1cccc2sc3ccccc3c12. The molecule has 0 N–H and O–H groups in total. The molecule has 17 aromatic rings. The minimum Gasteiger partial charge on any atom is -0.458 e. The van der Waals surface area contributed by atoms with Crippen molar-refractivity contribution in [2.45, 2.75) is 131 Å². The lowest BCUT2D eigenvalue weighted by Gasteiger charge is -2.38. The largest absolute Gasteiger partial charge is 0.458 e. The maximum absolute atomic E-state index is 6.33. The van der Waals surface area contributed by atoms with Gasteiger partial charge in [-0.1, -0.05) is 256 Å². The second-order valence-corrected chi connectivity index (χ2v) is 36.8. The maximum Gasteiger partial charge on any atom is 0.270 e. The van der Waals surface area contributed by atoms with Crippen LogP contribution in [0.2, 0.25) is 0 Å². The van der Waals surface area contributed by atoms with E-state index < -0.39 is 0 Å². The van der Waals surface area contributed by atoms with E-state index in [4.69, 9.17) is 23.7 Å². The summed E-state index contributed by atoms with van der Waals surface area (Å²) >= 11 is 3.81. The summed E-state index contributed by atoms with van der Waals surface area (Å²) in [6.45, 7) is 34.1. The Bertz CT molecular complexity index is 6240. The number of benzene rings is 13. The topological polar surface area (TPSA) is 50.6 Å². The van der Waals surface area contributed by atoms with Crippen LogP contribution in [0, 0.1) is 0 Å². The van der Waals surface area contributed by atoms with Gasteiger partial charge in [-0.2, -0.15) is 0 Å². The maximum atomic E-state index is 6.33. The first-order valence-electron chi connectivity index (χ1n) is 37.9. The first-order chi connectivity index (χ1) is 51.7. The minimum atomic E-state index is 0.0121. The van der Waals surface area contributed by atoms with Crippen LogP contribution in [0.4, 0.5) is 0 Å². The Hall–Kier alpha value is -10.8. The van der Waals surface area contributed by atoms with Crippen molar-refractivity contribution in [2.24, 2.45) is 0 Å². The van der Waals surface area contributed by atoms with Crippen molar-refractivity contribution in [3.8, 4) is 57.5 Å². The number of hydrogen-bond donors (Lipinski definition) is 0. The lowest BCUT2D eigenvalue weighted by Crippen LogP contribution is -2.59. The van der Waals surface area contributed by atoms with Crippen molar-refractivity contribution >= 4 is 147 Å². The predicted octanol–water partition coefficient (Wildman–Crippen LogP) is 24.4. The van der Waals surface area contributed by atoms with Crippen LogP contribution in [0.3, 0.4) is 0 Å².